The number of carbonyl (C=O) groups is 1. The Hall–Kier alpha value is -2.22. The van der Waals surface area contributed by atoms with Crippen molar-refractivity contribution < 1.29 is 24.0 Å². The van der Waals surface area contributed by atoms with Crippen LogP contribution in [0, 0.1) is 15.9 Å². The number of hydrogen-bond donors (Lipinski definition) is 2. The van der Waals surface area contributed by atoms with Crippen LogP contribution in [0.15, 0.2) is 18.2 Å². The molecule has 1 aromatic rings. The summed E-state index contributed by atoms with van der Waals surface area (Å²) in [6, 6.07) is 2.70. The summed E-state index contributed by atoms with van der Waals surface area (Å²) < 4.78 is 17.2. The third-order valence-electron chi connectivity index (χ3n) is 1.72. The summed E-state index contributed by atoms with van der Waals surface area (Å²) >= 11 is 0. The van der Waals surface area contributed by atoms with Crippen molar-refractivity contribution in [2.75, 3.05) is 18.5 Å². The second-order valence-corrected chi connectivity index (χ2v) is 2.90. The first-order valence-corrected chi connectivity index (χ1v) is 4.53. The van der Waals surface area contributed by atoms with Crippen LogP contribution in [0.5, 0.6) is 0 Å². The molecule has 7 nitrogen and oxygen atoms in total. The molecule has 1 amide bonds. The lowest BCUT2D eigenvalue weighted by Gasteiger charge is -2.06. The fourth-order valence-corrected chi connectivity index (χ4v) is 1.05. The van der Waals surface area contributed by atoms with Crippen LogP contribution in [0.4, 0.5) is 20.6 Å². The molecule has 0 radical (unpaired) electrons. The Labute approximate surface area is 95.0 Å². The fourth-order valence-electron chi connectivity index (χ4n) is 1.05. The number of ether oxygens (including phenoxy) is 1. The van der Waals surface area contributed by atoms with E-state index < -0.39 is 22.5 Å². The van der Waals surface area contributed by atoms with E-state index in [1.165, 1.54) is 0 Å². The quantitative estimate of drug-likeness (QED) is 0.613. The molecule has 92 valence electrons. The van der Waals surface area contributed by atoms with Crippen LogP contribution in [-0.2, 0) is 4.74 Å². The van der Waals surface area contributed by atoms with Gasteiger partial charge in [-0.3, -0.25) is 15.4 Å². The van der Waals surface area contributed by atoms with E-state index in [9.17, 15) is 19.3 Å². The first-order valence-electron chi connectivity index (χ1n) is 4.53. The number of carbonyl (C=O) groups excluding carboxylic acids is 1. The number of nitro benzene ring substituents is 1. The highest BCUT2D eigenvalue weighted by Crippen LogP contribution is 2.24. The monoisotopic (exact) mass is 244 g/mol. The minimum Gasteiger partial charge on any atom is -0.447 e. The Bertz CT molecular complexity index is 437. The van der Waals surface area contributed by atoms with E-state index in [4.69, 9.17) is 5.11 Å². The van der Waals surface area contributed by atoms with Crippen LogP contribution in [0.2, 0.25) is 0 Å². The molecule has 1 aromatic carbocycles. The average molecular weight is 244 g/mol. The number of hydrogen-bond acceptors (Lipinski definition) is 5. The lowest BCUT2D eigenvalue weighted by Crippen LogP contribution is -2.16. The first-order chi connectivity index (χ1) is 8.04. The van der Waals surface area contributed by atoms with Gasteiger partial charge in [0.15, 0.2) is 0 Å². The van der Waals surface area contributed by atoms with Crippen molar-refractivity contribution in [2.24, 2.45) is 0 Å². The number of anilines is 1. The van der Waals surface area contributed by atoms with Crippen LogP contribution in [0.25, 0.3) is 0 Å². The van der Waals surface area contributed by atoms with Crippen LogP contribution in [0.3, 0.4) is 0 Å². The van der Waals surface area contributed by atoms with Gasteiger partial charge in [-0.25, -0.2) is 9.18 Å². The predicted molar refractivity (Wildman–Crippen MR) is 55.1 cm³/mol. The van der Waals surface area contributed by atoms with Gasteiger partial charge in [-0.05, 0) is 12.1 Å². The summed E-state index contributed by atoms with van der Waals surface area (Å²) in [5.74, 6) is -0.786. The molecule has 0 fully saturated rings. The predicted octanol–water partition coefficient (Wildman–Crippen LogP) is 1.27. The minimum atomic E-state index is -0.964. The Morgan fingerprint density at radius 2 is 2.29 bits per heavy atom. The highest BCUT2D eigenvalue weighted by molar-refractivity contribution is 5.87. The largest absolute Gasteiger partial charge is 0.447 e. The lowest BCUT2D eigenvalue weighted by atomic mass is 10.2. The molecule has 8 heteroatoms. The number of rotatable bonds is 4. The number of nitrogens with one attached hydrogen (secondary N) is 1. The molecule has 0 aliphatic carbocycles. The molecule has 0 saturated carbocycles. The van der Waals surface area contributed by atoms with Crippen LogP contribution >= 0.6 is 0 Å². The Morgan fingerprint density at radius 3 is 2.88 bits per heavy atom. The molecule has 17 heavy (non-hydrogen) atoms. The Kier molecular flexibility index (Phi) is 4.35. The molecule has 1 rings (SSSR count). The van der Waals surface area contributed by atoms with E-state index in [2.05, 4.69) is 10.1 Å². The third-order valence-corrected chi connectivity index (χ3v) is 1.72. The molecular weight excluding hydrogens is 235 g/mol. The minimum absolute atomic E-state index is 0.181. The number of halogens is 1. The number of aliphatic hydroxyl groups is 1. The van der Waals surface area contributed by atoms with Gasteiger partial charge in [0.05, 0.1) is 17.6 Å². The molecule has 0 unspecified atom stereocenters. The highest BCUT2D eigenvalue weighted by atomic mass is 19.1. The van der Waals surface area contributed by atoms with Gasteiger partial charge in [0.2, 0.25) is 0 Å². The topological polar surface area (TPSA) is 102 Å². The van der Waals surface area contributed by atoms with E-state index in [1.807, 2.05) is 0 Å². The number of benzene rings is 1. The van der Waals surface area contributed by atoms with Gasteiger partial charge in [-0.15, -0.1) is 0 Å². The maximum absolute atomic E-state index is 12.8. The number of aliphatic hydroxyl groups excluding tert-OH is 1. The normalized spacial score (nSPS) is 9.76. The average Bonchev–Trinajstić information content (AvgIpc) is 2.28. The second-order valence-electron chi connectivity index (χ2n) is 2.90. The smallest absolute Gasteiger partial charge is 0.411 e. The van der Waals surface area contributed by atoms with Crippen molar-refractivity contribution >= 4 is 17.5 Å². The molecule has 0 aliphatic rings. The molecule has 0 bridgehead atoms. The molecule has 0 aromatic heterocycles. The van der Waals surface area contributed by atoms with Gasteiger partial charge >= 0.3 is 6.09 Å². The van der Waals surface area contributed by atoms with Crippen molar-refractivity contribution in [3.63, 3.8) is 0 Å². The molecule has 0 aliphatic heterocycles. The van der Waals surface area contributed by atoms with Crippen LogP contribution in [0.1, 0.15) is 0 Å². The van der Waals surface area contributed by atoms with E-state index in [0.29, 0.717) is 6.07 Å². The Morgan fingerprint density at radius 1 is 1.59 bits per heavy atom. The van der Waals surface area contributed by atoms with E-state index in [1.54, 1.807) is 0 Å². The third kappa shape index (κ3) is 3.68. The molecule has 2 N–H and O–H groups in total. The zero-order valence-electron chi connectivity index (χ0n) is 8.55. The zero-order chi connectivity index (χ0) is 12.8. The fraction of sp³-hybridized carbons (Fsp3) is 0.222. The number of nitrogens with zero attached hydrogens (tertiary/aromatic N) is 1. The van der Waals surface area contributed by atoms with E-state index in [0.717, 1.165) is 12.1 Å². The standard InChI is InChI=1S/C9H9FN2O5/c10-6-1-2-7(8(5-6)12(15)16)11-9(14)17-4-3-13/h1-2,5,13H,3-4H2,(H,11,14). The number of amides is 1. The Balaban J connectivity index is 2.83. The second kappa shape index (κ2) is 5.75. The summed E-state index contributed by atoms with van der Waals surface area (Å²) in [6.07, 6.45) is -0.964. The van der Waals surface area contributed by atoms with Crippen molar-refractivity contribution in [1.82, 2.24) is 0 Å². The van der Waals surface area contributed by atoms with Gasteiger partial charge in [-0.1, -0.05) is 0 Å². The van der Waals surface area contributed by atoms with Gasteiger partial charge in [-0.2, -0.15) is 0 Å². The van der Waals surface area contributed by atoms with Crippen LogP contribution in [-0.4, -0.2) is 29.3 Å². The van der Waals surface area contributed by atoms with Crippen molar-refractivity contribution in [3.05, 3.63) is 34.1 Å². The van der Waals surface area contributed by atoms with Crippen LogP contribution < -0.4 is 5.32 Å². The molecule has 0 atom stereocenters. The van der Waals surface area contributed by atoms with Gasteiger partial charge in [0, 0.05) is 0 Å². The van der Waals surface area contributed by atoms with E-state index in [-0.39, 0.29) is 18.9 Å². The summed E-state index contributed by atoms with van der Waals surface area (Å²) in [7, 11) is 0. The summed E-state index contributed by atoms with van der Waals surface area (Å²) in [4.78, 5) is 20.8. The molecule has 0 heterocycles. The summed E-state index contributed by atoms with van der Waals surface area (Å²) in [5, 5.41) is 21.0. The van der Waals surface area contributed by atoms with E-state index >= 15 is 0 Å². The lowest BCUT2D eigenvalue weighted by molar-refractivity contribution is -0.384. The molecule has 0 spiro atoms. The van der Waals surface area contributed by atoms with Gasteiger partial charge < -0.3 is 9.84 Å². The van der Waals surface area contributed by atoms with Crippen molar-refractivity contribution in [2.45, 2.75) is 0 Å². The first kappa shape index (κ1) is 12.8. The highest BCUT2D eigenvalue weighted by Gasteiger charge is 2.17. The van der Waals surface area contributed by atoms with Gasteiger partial charge in [0.25, 0.3) is 5.69 Å². The van der Waals surface area contributed by atoms with Gasteiger partial charge in [0.1, 0.15) is 18.1 Å². The zero-order valence-corrected chi connectivity index (χ0v) is 8.55. The molecular formula is C9H9FN2O5. The SMILES string of the molecule is O=C(Nc1ccc(F)cc1[N+](=O)[O-])OCCO. The summed E-state index contributed by atoms with van der Waals surface area (Å²) in [5.41, 5.74) is -0.759. The molecule has 0 saturated heterocycles. The summed E-state index contributed by atoms with van der Waals surface area (Å²) in [6.45, 7) is -0.597. The number of nitro groups is 1. The maximum atomic E-state index is 12.8. The van der Waals surface area contributed by atoms with Crippen molar-refractivity contribution in [3.8, 4) is 0 Å². The van der Waals surface area contributed by atoms with Crippen molar-refractivity contribution in [1.29, 1.82) is 0 Å². The maximum Gasteiger partial charge on any atom is 0.411 e.